The Morgan fingerprint density at radius 2 is 1.91 bits per heavy atom. The Bertz CT molecular complexity index is 1390. The fourth-order valence-electron chi connectivity index (χ4n) is 2.83. The highest BCUT2D eigenvalue weighted by molar-refractivity contribution is 7.17. The van der Waals surface area contributed by atoms with E-state index in [-0.39, 0.29) is 21.6 Å². The molecule has 0 bridgehead atoms. The van der Waals surface area contributed by atoms with Crippen molar-refractivity contribution in [1.29, 1.82) is 5.26 Å². The van der Waals surface area contributed by atoms with Gasteiger partial charge in [0.25, 0.3) is 5.91 Å². The van der Waals surface area contributed by atoms with Crippen molar-refractivity contribution in [2.24, 2.45) is 0 Å². The van der Waals surface area contributed by atoms with E-state index < -0.39 is 5.91 Å². The summed E-state index contributed by atoms with van der Waals surface area (Å²) in [5.41, 5.74) is 2.12. The highest BCUT2D eigenvalue weighted by Gasteiger charge is 2.18. The van der Waals surface area contributed by atoms with E-state index in [4.69, 9.17) is 22.8 Å². The van der Waals surface area contributed by atoms with Gasteiger partial charge in [-0.15, -0.1) is 11.5 Å². The molecular formula is C23H12ClN5O2S. The highest BCUT2D eigenvalue weighted by atomic mass is 35.5. The Hall–Kier alpha value is -4.24. The van der Waals surface area contributed by atoms with Crippen LogP contribution in [-0.4, -0.2) is 21.1 Å². The van der Waals surface area contributed by atoms with Crippen LogP contribution in [0.15, 0.2) is 60.8 Å². The summed E-state index contributed by atoms with van der Waals surface area (Å²) in [5, 5.41) is 20.9. The Balaban J connectivity index is 1.60. The lowest BCUT2D eigenvalue weighted by molar-refractivity contribution is 0.102. The predicted octanol–water partition coefficient (Wildman–Crippen LogP) is 5.15. The van der Waals surface area contributed by atoms with Gasteiger partial charge >= 0.3 is 5.19 Å². The standard InChI is InChI=1S/C23H12ClN5O2S/c1-2-14-5-3-4-6-18(14)19-11-16(12-25)26-13-20(19)21(30)27-22-28-29-23(32-22)31-17-9-7-15(24)8-10-17/h1,3-11,13H,(H,27,28,30). The molecule has 9 heteroatoms. The molecule has 32 heavy (non-hydrogen) atoms. The second-order valence-corrected chi connectivity index (χ2v) is 7.68. The first-order valence-corrected chi connectivity index (χ1v) is 10.3. The maximum Gasteiger partial charge on any atom is 0.301 e. The van der Waals surface area contributed by atoms with Gasteiger partial charge in [-0.05, 0) is 53.3 Å². The molecule has 0 unspecified atom stereocenters. The number of terminal acetylenes is 1. The van der Waals surface area contributed by atoms with Gasteiger partial charge in [0.05, 0.1) is 5.56 Å². The van der Waals surface area contributed by atoms with Crippen LogP contribution in [0.1, 0.15) is 21.6 Å². The number of ether oxygens (including phenoxy) is 1. The maximum atomic E-state index is 13.0. The molecule has 4 rings (SSSR count). The number of carbonyl (C=O) groups is 1. The largest absolute Gasteiger partial charge is 0.430 e. The van der Waals surface area contributed by atoms with Crippen molar-refractivity contribution < 1.29 is 9.53 Å². The van der Waals surface area contributed by atoms with E-state index in [2.05, 4.69) is 26.4 Å². The van der Waals surface area contributed by atoms with Gasteiger partial charge in [0.2, 0.25) is 5.13 Å². The first-order chi connectivity index (χ1) is 15.6. The number of benzene rings is 2. The van der Waals surface area contributed by atoms with Crippen LogP contribution >= 0.6 is 22.9 Å². The molecule has 4 aromatic rings. The number of halogens is 1. The van der Waals surface area contributed by atoms with Crippen LogP contribution in [0.2, 0.25) is 5.02 Å². The predicted molar refractivity (Wildman–Crippen MR) is 122 cm³/mol. The SMILES string of the molecule is C#Cc1ccccc1-c1cc(C#N)ncc1C(=O)Nc1nnc(Oc2ccc(Cl)cc2)s1. The normalized spacial score (nSPS) is 10.1. The number of pyridine rings is 1. The topological polar surface area (TPSA) is 101 Å². The Labute approximate surface area is 192 Å². The fraction of sp³-hybridized carbons (Fsp3) is 0. The quantitative estimate of drug-likeness (QED) is 0.416. The zero-order valence-electron chi connectivity index (χ0n) is 16.2. The summed E-state index contributed by atoms with van der Waals surface area (Å²) in [6.45, 7) is 0. The molecule has 7 nitrogen and oxygen atoms in total. The second-order valence-electron chi connectivity index (χ2n) is 6.30. The number of hydrogen-bond acceptors (Lipinski definition) is 7. The van der Waals surface area contributed by atoms with Crippen molar-refractivity contribution in [3.05, 3.63) is 82.6 Å². The number of hydrogen-bond donors (Lipinski definition) is 1. The molecule has 2 heterocycles. The molecule has 154 valence electrons. The Kier molecular flexibility index (Phi) is 6.09. The zero-order valence-corrected chi connectivity index (χ0v) is 17.8. The molecule has 1 amide bonds. The molecule has 0 saturated carbocycles. The molecule has 0 fully saturated rings. The third kappa shape index (κ3) is 4.57. The van der Waals surface area contributed by atoms with Crippen LogP contribution in [0.4, 0.5) is 5.13 Å². The third-order valence-corrected chi connectivity index (χ3v) is 5.25. The van der Waals surface area contributed by atoms with E-state index in [1.807, 2.05) is 6.07 Å². The summed E-state index contributed by atoms with van der Waals surface area (Å²) < 4.78 is 5.62. The smallest absolute Gasteiger partial charge is 0.301 e. The number of carbonyl (C=O) groups excluding carboxylic acids is 1. The number of nitriles is 1. The van der Waals surface area contributed by atoms with Gasteiger partial charge in [0.15, 0.2) is 0 Å². The van der Waals surface area contributed by atoms with E-state index in [1.54, 1.807) is 48.5 Å². The van der Waals surface area contributed by atoms with Gasteiger partial charge in [-0.2, -0.15) is 5.26 Å². The van der Waals surface area contributed by atoms with Crippen molar-refractivity contribution in [3.8, 4) is 40.5 Å². The number of rotatable bonds is 5. The zero-order chi connectivity index (χ0) is 22.5. The summed E-state index contributed by atoms with van der Waals surface area (Å²) >= 11 is 6.92. The van der Waals surface area contributed by atoms with Gasteiger partial charge < -0.3 is 4.74 Å². The molecule has 0 aliphatic rings. The van der Waals surface area contributed by atoms with Crippen LogP contribution in [0.5, 0.6) is 10.9 Å². The van der Waals surface area contributed by atoms with E-state index in [0.29, 0.717) is 27.5 Å². The van der Waals surface area contributed by atoms with Crippen molar-refractivity contribution in [2.75, 3.05) is 5.32 Å². The minimum absolute atomic E-state index is 0.165. The molecule has 0 aliphatic heterocycles. The van der Waals surface area contributed by atoms with Gasteiger partial charge in [-0.3, -0.25) is 10.1 Å². The lowest BCUT2D eigenvalue weighted by atomic mass is 9.96. The molecule has 0 spiro atoms. The fourth-order valence-corrected chi connectivity index (χ4v) is 3.57. The summed E-state index contributed by atoms with van der Waals surface area (Å²) in [7, 11) is 0. The number of nitrogens with one attached hydrogen (secondary N) is 1. The van der Waals surface area contributed by atoms with Crippen LogP contribution in [0.3, 0.4) is 0 Å². The van der Waals surface area contributed by atoms with E-state index in [9.17, 15) is 10.1 Å². The van der Waals surface area contributed by atoms with Crippen molar-refractivity contribution in [2.45, 2.75) is 0 Å². The van der Waals surface area contributed by atoms with Gasteiger partial charge in [0.1, 0.15) is 17.5 Å². The van der Waals surface area contributed by atoms with E-state index >= 15 is 0 Å². The van der Waals surface area contributed by atoms with Gasteiger partial charge in [-0.25, -0.2) is 4.98 Å². The summed E-state index contributed by atoms with van der Waals surface area (Å²) in [4.78, 5) is 17.0. The molecule has 2 aromatic heterocycles. The summed E-state index contributed by atoms with van der Waals surface area (Å²) in [6, 6.07) is 17.4. The Morgan fingerprint density at radius 1 is 1.12 bits per heavy atom. The first-order valence-electron chi connectivity index (χ1n) is 9.12. The summed E-state index contributed by atoms with van der Waals surface area (Å²) in [5.74, 6) is 2.66. The monoisotopic (exact) mass is 457 g/mol. The number of nitrogens with zero attached hydrogens (tertiary/aromatic N) is 4. The molecule has 0 atom stereocenters. The van der Waals surface area contributed by atoms with E-state index in [1.165, 1.54) is 12.3 Å². The first kappa shape index (κ1) is 21.0. The number of anilines is 1. The third-order valence-electron chi connectivity index (χ3n) is 4.28. The van der Waals surface area contributed by atoms with Crippen molar-refractivity contribution in [1.82, 2.24) is 15.2 Å². The lowest BCUT2D eigenvalue weighted by Gasteiger charge is -2.11. The molecule has 2 aromatic carbocycles. The lowest BCUT2D eigenvalue weighted by Crippen LogP contribution is -2.14. The second kappa shape index (κ2) is 9.27. The summed E-state index contributed by atoms with van der Waals surface area (Å²) in [6.07, 6.45) is 6.95. The number of amides is 1. The molecule has 0 aliphatic carbocycles. The van der Waals surface area contributed by atoms with Crippen LogP contribution in [0, 0.1) is 23.7 Å². The van der Waals surface area contributed by atoms with Crippen LogP contribution < -0.4 is 10.1 Å². The van der Waals surface area contributed by atoms with Crippen LogP contribution in [0.25, 0.3) is 11.1 Å². The average Bonchev–Trinajstić information content (AvgIpc) is 3.26. The van der Waals surface area contributed by atoms with Gasteiger partial charge in [0, 0.05) is 22.3 Å². The van der Waals surface area contributed by atoms with Crippen molar-refractivity contribution >= 4 is 34.0 Å². The maximum absolute atomic E-state index is 13.0. The number of aromatic nitrogens is 3. The van der Waals surface area contributed by atoms with Crippen molar-refractivity contribution in [3.63, 3.8) is 0 Å². The molecule has 0 radical (unpaired) electrons. The molecular weight excluding hydrogens is 446 g/mol. The molecule has 0 saturated heterocycles. The highest BCUT2D eigenvalue weighted by Crippen LogP contribution is 2.31. The average molecular weight is 458 g/mol. The van der Waals surface area contributed by atoms with E-state index in [0.717, 1.165) is 11.3 Å². The molecule has 1 N–H and O–H groups in total. The van der Waals surface area contributed by atoms with Gasteiger partial charge in [-0.1, -0.05) is 40.8 Å². The Morgan fingerprint density at radius 3 is 2.66 bits per heavy atom. The minimum atomic E-state index is -0.474. The minimum Gasteiger partial charge on any atom is -0.430 e. The van der Waals surface area contributed by atoms with Crippen LogP contribution in [-0.2, 0) is 0 Å².